The van der Waals surface area contributed by atoms with E-state index in [4.69, 9.17) is 4.74 Å². The van der Waals surface area contributed by atoms with Gasteiger partial charge in [0, 0.05) is 45.4 Å². The van der Waals surface area contributed by atoms with Gasteiger partial charge in [-0.1, -0.05) is 6.07 Å². The minimum atomic E-state index is -0.137. The maximum absolute atomic E-state index is 13.5. The zero-order chi connectivity index (χ0) is 14.7. The van der Waals surface area contributed by atoms with Gasteiger partial charge >= 0.3 is 0 Å². The van der Waals surface area contributed by atoms with Crippen LogP contribution in [0.1, 0.15) is 30.0 Å². The Labute approximate surface area is 126 Å². The maximum Gasteiger partial charge on any atom is 0.123 e. The highest BCUT2D eigenvalue weighted by atomic mass is 19.1. The Morgan fingerprint density at radius 3 is 2.62 bits per heavy atom. The molecule has 0 amide bonds. The van der Waals surface area contributed by atoms with Crippen LogP contribution in [0.4, 0.5) is 4.39 Å². The van der Waals surface area contributed by atoms with E-state index in [1.807, 2.05) is 13.0 Å². The summed E-state index contributed by atoms with van der Waals surface area (Å²) in [7, 11) is 0. The summed E-state index contributed by atoms with van der Waals surface area (Å²) in [6.45, 7) is 7.96. The molecule has 116 valence electrons. The van der Waals surface area contributed by atoms with E-state index in [1.165, 1.54) is 5.56 Å². The monoisotopic (exact) mass is 292 g/mol. The quantitative estimate of drug-likeness (QED) is 0.926. The number of halogens is 1. The smallest absolute Gasteiger partial charge is 0.123 e. The average Bonchev–Trinajstić information content (AvgIpc) is 2.52. The van der Waals surface area contributed by atoms with Crippen LogP contribution < -0.4 is 5.32 Å². The van der Waals surface area contributed by atoms with Crippen LogP contribution in [-0.2, 0) is 4.74 Å². The molecule has 1 atom stereocenters. The van der Waals surface area contributed by atoms with Crippen LogP contribution in [-0.4, -0.2) is 44.3 Å². The SMILES string of the molecule is Cc1cc(F)ccc1[C@@H](C1CCOCC1)N1CCNCC1. The molecule has 2 heterocycles. The van der Waals surface area contributed by atoms with Crippen molar-refractivity contribution in [2.75, 3.05) is 39.4 Å². The van der Waals surface area contributed by atoms with Crippen molar-refractivity contribution in [2.24, 2.45) is 5.92 Å². The fourth-order valence-corrected chi connectivity index (χ4v) is 3.71. The van der Waals surface area contributed by atoms with Gasteiger partial charge in [-0.3, -0.25) is 4.90 Å². The number of piperazine rings is 1. The molecule has 2 aliphatic rings. The molecule has 3 nitrogen and oxygen atoms in total. The molecule has 0 saturated carbocycles. The van der Waals surface area contributed by atoms with Crippen molar-refractivity contribution in [3.63, 3.8) is 0 Å². The van der Waals surface area contributed by atoms with Gasteiger partial charge in [-0.2, -0.15) is 0 Å². The number of benzene rings is 1. The lowest BCUT2D eigenvalue weighted by atomic mass is 9.84. The Morgan fingerprint density at radius 2 is 1.95 bits per heavy atom. The first-order valence-electron chi connectivity index (χ1n) is 8.04. The lowest BCUT2D eigenvalue weighted by molar-refractivity contribution is 0.0211. The Bertz CT molecular complexity index is 450. The number of hydrogen-bond donors (Lipinski definition) is 1. The van der Waals surface area contributed by atoms with E-state index in [0.717, 1.165) is 57.8 Å². The number of ether oxygens (including phenoxy) is 1. The highest BCUT2D eigenvalue weighted by Gasteiger charge is 2.32. The fraction of sp³-hybridized carbons (Fsp3) is 0.647. The van der Waals surface area contributed by atoms with Crippen molar-refractivity contribution in [3.8, 4) is 0 Å². The Kier molecular flexibility index (Phi) is 4.88. The minimum absolute atomic E-state index is 0.137. The van der Waals surface area contributed by atoms with Gasteiger partial charge in [-0.05, 0) is 48.9 Å². The predicted molar refractivity (Wildman–Crippen MR) is 81.9 cm³/mol. The summed E-state index contributed by atoms with van der Waals surface area (Å²) in [5.41, 5.74) is 2.37. The van der Waals surface area contributed by atoms with Crippen LogP contribution in [0.25, 0.3) is 0 Å². The molecule has 0 radical (unpaired) electrons. The van der Waals surface area contributed by atoms with E-state index >= 15 is 0 Å². The van der Waals surface area contributed by atoms with Gasteiger partial charge in [-0.15, -0.1) is 0 Å². The Morgan fingerprint density at radius 1 is 1.24 bits per heavy atom. The Balaban J connectivity index is 1.89. The van der Waals surface area contributed by atoms with Gasteiger partial charge in [-0.25, -0.2) is 4.39 Å². The number of nitrogens with zero attached hydrogens (tertiary/aromatic N) is 1. The third-order valence-corrected chi connectivity index (χ3v) is 4.81. The van der Waals surface area contributed by atoms with E-state index in [2.05, 4.69) is 10.2 Å². The average molecular weight is 292 g/mol. The second kappa shape index (κ2) is 6.86. The Hall–Kier alpha value is -0.970. The van der Waals surface area contributed by atoms with E-state index in [9.17, 15) is 4.39 Å². The van der Waals surface area contributed by atoms with Gasteiger partial charge in [0.1, 0.15) is 5.82 Å². The summed E-state index contributed by atoms with van der Waals surface area (Å²) in [4.78, 5) is 2.58. The molecule has 0 unspecified atom stereocenters. The largest absolute Gasteiger partial charge is 0.381 e. The highest BCUT2D eigenvalue weighted by Crippen LogP contribution is 2.36. The zero-order valence-electron chi connectivity index (χ0n) is 12.8. The number of rotatable bonds is 3. The summed E-state index contributed by atoms with van der Waals surface area (Å²) in [6, 6.07) is 5.67. The number of nitrogens with one attached hydrogen (secondary N) is 1. The van der Waals surface area contributed by atoms with Crippen LogP contribution in [0, 0.1) is 18.7 Å². The van der Waals surface area contributed by atoms with Crippen LogP contribution in [0.15, 0.2) is 18.2 Å². The molecule has 2 aliphatic heterocycles. The van der Waals surface area contributed by atoms with Crippen molar-refractivity contribution in [1.82, 2.24) is 10.2 Å². The van der Waals surface area contributed by atoms with E-state index in [-0.39, 0.29) is 5.82 Å². The van der Waals surface area contributed by atoms with Gasteiger partial charge in [0.15, 0.2) is 0 Å². The molecule has 3 rings (SSSR count). The normalized spacial score (nSPS) is 23.1. The summed E-state index contributed by atoms with van der Waals surface area (Å²) in [6.07, 6.45) is 2.21. The molecule has 4 heteroatoms. The van der Waals surface area contributed by atoms with Crippen molar-refractivity contribution in [2.45, 2.75) is 25.8 Å². The van der Waals surface area contributed by atoms with E-state index < -0.39 is 0 Å². The van der Waals surface area contributed by atoms with Crippen LogP contribution >= 0.6 is 0 Å². The molecule has 1 N–H and O–H groups in total. The summed E-state index contributed by atoms with van der Waals surface area (Å²) >= 11 is 0. The van der Waals surface area contributed by atoms with Gasteiger partial charge in [0.25, 0.3) is 0 Å². The topological polar surface area (TPSA) is 24.5 Å². The van der Waals surface area contributed by atoms with Gasteiger partial charge in [0.2, 0.25) is 0 Å². The predicted octanol–water partition coefficient (Wildman–Crippen LogP) is 2.51. The fourth-order valence-electron chi connectivity index (χ4n) is 3.71. The molecule has 1 aromatic rings. The highest BCUT2D eigenvalue weighted by molar-refractivity contribution is 5.30. The standard InChI is InChI=1S/C17H25FN2O/c1-13-12-15(18)2-3-16(13)17(14-4-10-21-11-5-14)20-8-6-19-7-9-20/h2-3,12,14,17,19H,4-11H2,1H3/t17-/m1/s1. The number of aryl methyl sites for hydroxylation is 1. The van der Waals surface area contributed by atoms with Crippen molar-refractivity contribution in [1.29, 1.82) is 0 Å². The maximum atomic E-state index is 13.5. The molecule has 1 aromatic carbocycles. The van der Waals surface area contributed by atoms with E-state index in [1.54, 1.807) is 12.1 Å². The first-order valence-corrected chi connectivity index (χ1v) is 8.04. The lowest BCUT2D eigenvalue weighted by Gasteiger charge is -2.41. The second-order valence-electron chi connectivity index (χ2n) is 6.18. The number of hydrogen-bond acceptors (Lipinski definition) is 3. The molecule has 2 saturated heterocycles. The van der Waals surface area contributed by atoms with Gasteiger partial charge < -0.3 is 10.1 Å². The van der Waals surface area contributed by atoms with Crippen molar-refractivity contribution in [3.05, 3.63) is 35.1 Å². The molecule has 21 heavy (non-hydrogen) atoms. The lowest BCUT2D eigenvalue weighted by Crippen LogP contribution is -2.47. The molecular formula is C17H25FN2O. The minimum Gasteiger partial charge on any atom is -0.381 e. The summed E-state index contributed by atoms with van der Waals surface area (Å²) in [5.74, 6) is 0.475. The second-order valence-corrected chi connectivity index (χ2v) is 6.18. The van der Waals surface area contributed by atoms with Gasteiger partial charge in [0.05, 0.1) is 0 Å². The zero-order valence-corrected chi connectivity index (χ0v) is 12.8. The molecule has 0 aliphatic carbocycles. The van der Waals surface area contributed by atoms with Crippen molar-refractivity contribution >= 4 is 0 Å². The first-order chi connectivity index (χ1) is 10.3. The molecule has 0 bridgehead atoms. The van der Waals surface area contributed by atoms with Crippen LogP contribution in [0.5, 0.6) is 0 Å². The van der Waals surface area contributed by atoms with Crippen LogP contribution in [0.2, 0.25) is 0 Å². The summed E-state index contributed by atoms with van der Waals surface area (Å²) in [5, 5.41) is 3.42. The summed E-state index contributed by atoms with van der Waals surface area (Å²) < 4.78 is 19.0. The third-order valence-electron chi connectivity index (χ3n) is 4.81. The third kappa shape index (κ3) is 3.44. The van der Waals surface area contributed by atoms with E-state index in [0.29, 0.717) is 12.0 Å². The molecule has 2 fully saturated rings. The van der Waals surface area contributed by atoms with Crippen molar-refractivity contribution < 1.29 is 9.13 Å². The molecular weight excluding hydrogens is 267 g/mol. The first kappa shape index (κ1) is 14.9. The molecule has 0 aromatic heterocycles. The van der Waals surface area contributed by atoms with Crippen LogP contribution in [0.3, 0.4) is 0 Å². The molecule has 0 spiro atoms.